The minimum Gasteiger partial charge on any atom is -0.481 e. The van der Waals surface area contributed by atoms with E-state index in [1.54, 1.807) is 6.20 Å². The van der Waals surface area contributed by atoms with E-state index in [4.69, 9.17) is 5.11 Å². The molecule has 0 spiro atoms. The van der Waals surface area contributed by atoms with E-state index in [1.165, 1.54) is 0 Å². The number of rotatable bonds is 3. The number of benzene rings is 1. The van der Waals surface area contributed by atoms with Gasteiger partial charge in [0.15, 0.2) is 0 Å². The summed E-state index contributed by atoms with van der Waals surface area (Å²) >= 11 is 0. The summed E-state index contributed by atoms with van der Waals surface area (Å²) in [6.45, 7) is 0. The first-order valence-corrected chi connectivity index (χ1v) is 6.65. The van der Waals surface area contributed by atoms with Crippen LogP contribution in [0.1, 0.15) is 25.7 Å². The molecular formula is C14H17N3O2. The Balaban J connectivity index is 1.71. The molecule has 1 aromatic carbocycles. The lowest BCUT2D eigenvalue weighted by Crippen LogP contribution is -2.30. The quantitative estimate of drug-likeness (QED) is 0.791. The van der Waals surface area contributed by atoms with Crippen LogP contribution >= 0.6 is 0 Å². The second-order valence-electron chi connectivity index (χ2n) is 5.22. The first kappa shape index (κ1) is 12.0. The van der Waals surface area contributed by atoms with Crippen molar-refractivity contribution in [2.24, 2.45) is 5.92 Å². The van der Waals surface area contributed by atoms with Crippen molar-refractivity contribution in [3.05, 3.63) is 24.4 Å². The van der Waals surface area contributed by atoms with Gasteiger partial charge in [-0.1, -0.05) is 6.42 Å². The van der Waals surface area contributed by atoms with Crippen LogP contribution in [0.5, 0.6) is 0 Å². The fraction of sp³-hybridized carbons (Fsp3) is 0.429. The second kappa shape index (κ2) is 4.91. The number of carbonyl (C=O) groups is 1. The van der Waals surface area contributed by atoms with Crippen molar-refractivity contribution in [3.8, 4) is 0 Å². The zero-order chi connectivity index (χ0) is 13.2. The van der Waals surface area contributed by atoms with E-state index in [2.05, 4.69) is 15.5 Å². The molecule has 1 fully saturated rings. The molecule has 19 heavy (non-hydrogen) atoms. The summed E-state index contributed by atoms with van der Waals surface area (Å²) in [6.07, 6.45) is 5.30. The van der Waals surface area contributed by atoms with E-state index in [9.17, 15) is 4.79 Å². The molecule has 0 radical (unpaired) electrons. The number of nitrogens with zero attached hydrogens (tertiary/aromatic N) is 1. The average Bonchev–Trinajstić information content (AvgIpc) is 2.86. The van der Waals surface area contributed by atoms with E-state index in [1.807, 2.05) is 18.2 Å². The van der Waals surface area contributed by atoms with Gasteiger partial charge in [0.2, 0.25) is 0 Å². The summed E-state index contributed by atoms with van der Waals surface area (Å²) in [5.74, 6) is -0.877. The molecule has 100 valence electrons. The smallest absolute Gasteiger partial charge is 0.306 e. The molecule has 3 N–H and O–H groups in total. The fourth-order valence-electron chi connectivity index (χ4n) is 2.81. The number of hydrogen-bond acceptors (Lipinski definition) is 3. The highest BCUT2D eigenvalue weighted by Gasteiger charge is 2.26. The van der Waals surface area contributed by atoms with E-state index >= 15 is 0 Å². The van der Waals surface area contributed by atoms with Crippen LogP contribution in [0.4, 0.5) is 5.69 Å². The lowest BCUT2D eigenvalue weighted by molar-refractivity contribution is -0.142. The Morgan fingerprint density at radius 2 is 2.32 bits per heavy atom. The Bertz CT molecular complexity index is 593. The second-order valence-corrected chi connectivity index (χ2v) is 5.22. The van der Waals surface area contributed by atoms with Crippen LogP contribution in [0.15, 0.2) is 24.4 Å². The van der Waals surface area contributed by atoms with Gasteiger partial charge in [-0.2, -0.15) is 5.10 Å². The lowest BCUT2D eigenvalue weighted by Gasteiger charge is -2.28. The average molecular weight is 259 g/mol. The molecule has 1 saturated carbocycles. The van der Waals surface area contributed by atoms with Crippen molar-refractivity contribution in [2.75, 3.05) is 5.32 Å². The molecule has 0 amide bonds. The van der Waals surface area contributed by atoms with Crippen molar-refractivity contribution in [3.63, 3.8) is 0 Å². The van der Waals surface area contributed by atoms with Gasteiger partial charge in [0.25, 0.3) is 0 Å². The Labute approximate surface area is 111 Å². The van der Waals surface area contributed by atoms with Gasteiger partial charge in [-0.3, -0.25) is 9.89 Å². The van der Waals surface area contributed by atoms with Gasteiger partial charge >= 0.3 is 5.97 Å². The van der Waals surface area contributed by atoms with Crippen LogP contribution in [0.2, 0.25) is 0 Å². The highest BCUT2D eigenvalue weighted by atomic mass is 16.4. The molecule has 1 aromatic heterocycles. The first-order chi connectivity index (χ1) is 9.22. The molecule has 1 heterocycles. The maximum absolute atomic E-state index is 11.1. The first-order valence-electron chi connectivity index (χ1n) is 6.65. The van der Waals surface area contributed by atoms with Gasteiger partial charge in [-0.25, -0.2) is 0 Å². The number of aliphatic carboxylic acids is 1. The largest absolute Gasteiger partial charge is 0.481 e. The van der Waals surface area contributed by atoms with Gasteiger partial charge in [0.1, 0.15) is 0 Å². The number of hydrogen-bond donors (Lipinski definition) is 3. The molecule has 1 aliphatic carbocycles. The van der Waals surface area contributed by atoms with Gasteiger partial charge in [-0.05, 0) is 37.5 Å². The molecule has 3 rings (SSSR count). The van der Waals surface area contributed by atoms with Gasteiger partial charge in [0, 0.05) is 17.1 Å². The molecule has 2 unspecified atom stereocenters. The third-order valence-corrected chi connectivity index (χ3v) is 3.84. The number of nitrogens with one attached hydrogen (secondary N) is 2. The summed E-state index contributed by atoms with van der Waals surface area (Å²) in [5.41, 5.74) is 2.02. The molecule has 0 bridgehead atoms. The van der Waals surface area contributed by atoms with Crippen molar-refractivity contribution in [1.82, 2.24) is 10.2 Å². The number of fused-ring (bicyclic) bond motifs is 1. The van der Waals surface area contributed by atoms with E-state index < -0.39 is 5.97 Å². The van der Waals surface area contributed by atoms with Crippen LogP contribution in [0.3, 0.4) is 0 Å². The Kier molecular flexibility index (Phi) is 3.11. The van der Waals surface area contributed by atoms with Crippen molar-refractivity contribution < 1.29 is 9.90 Å². The zero-order valence-corrected chi connectivity index (χ0v) is 10.6. The SMILES string of the molecule is O=C(O)C1CCCC(Nc2ccc3cn[nH]c3c2)C1. The number of aromatic amines is 1. The molecule has 0 aliphatic heterocycles. The number of carboxylic acid groups (broad SMARTS) is 1. The number of H-pyrrole nitrogens is 1. The van der Waals surface area contributed by atoms with Gasteiger partial charge in [0.05, 0.1) is 17.6 Å². The van der Waals surface area contributed by atoms with Gasteiger partial charge < -0.3 is 10.4 Å². The van der Waals surface area contributed by atoms with Crippen LogP contribution in [0, 0.1) is 5.92 Å². The predicted molar refractivity (Wildman–Crippen MR) is 73.1 cm³/mol. The summed E-state index contributed by atoms with van der Waals surface area (Å²) in [4.78, 5) is 11.1. The van der Waals surface area contributed by atoms with Crippen LogP contribution in [-0.4, -0.2) is 27.3 Å². The Morgan fingerprint density at radius 1 is 1.42 bits per heavy atom. The van der Waals surface area contributed by atoms with Gasteiger partial charge in [-0.15, -0.1) is 0 Å². The van der Waals surface area contributed by atoms with E-state index in [0.717, 1.165) is 35.9 Å². The van der Waals surface area contributed by atoms with Crippen LogP contribution in [0.25, 0.3) is 10.9 Å². The fourth-order valence-corrected chi connectivity index (χ4v) is 2.81. The molecule has 5 nitrogen and oxygen atoms in total. The summed E-state index contributed by atoms with van der Waals surface area (Å²) in [7, 11) is 0. The molecule has 5 heteroatoms. The van der Waals surface area contributed by atoms with E-state index in [-0.39, 0.29) is 12.0 Å². The third kappa shape index (κ3) is 2.54. The molecule has 2 atom stereocenters. The summed E-state index contributed by atoms with van der Waals surface area (Å²) < 4.78 is 0. The molecule has 1 aliphatic rings. The van der Waals surface area contributed by atoms with Crippen molar-refractivity contribution >= 4 is 22.6 Å². The van der Waals surface area contributed by atoms with Crippen molar-refractivity contribution in [2.45, 2.75) is 31.7 Å². The highest BCUT2D eigenvalue weighted by molar-refractivity contribution is 5.81. The molecule has 0 saturated heterocycles. The minimum absolute atomic E-state index is 0.206. The standard InChI is InChI=1S/C14H17N3O2/c18-14(19)9-2-1-3-11(6-9)16-12-5-4-10-8-15-17-13(10)7-12/h4-5,7-9,11,16H,1-3,6H2,(H,15,17)(H,18,19). The normalized spacial score (nSPS) is 23.4. The minimum atomic E-state index is -0.671. The zero-order valence-electron chi connectivity index (χ0n) is 10.6. The summed E-state index contributed by atoms with van der Waals surface area (Å²) in [6, 6.07) is 6.29. The Morgan fingerprint density at radius 3 is 3.16 bits per heavy atom. The number of aromatic nitrogens is 2. The number of anilines is 1. The van der Waals surface area contributed by atoms with Crippen LogP contribution < -0.4 is 5.32 Å². The van der Waals surface area contributed by atoms with Crippen LogP contribution in [-0.2, 0) is 4.79 Å². The monoisotopic (exact) mass is 259 g/mol. The third-order valence-electron chi connectivity index (χ3n) is 3.84. The summed E-state index contributed by atoms with van der Waals surface area (Å²) in [5, 5.41) is 20.5. The number of carboxylic acids is 1. The molecule has 2 aromatic rings. The van der Waals surface area contributed by atoms with Crippen molar-refractivity contribution in [1.29, 1.82) is 0 Å². The topological polar surface area (TPSA) is 78.0 Å². The highest BCUT2D eigenvalue weighted by Crippen LogP contribution is 2.27. The lowest BCUT2D eigenvalue weighted by atomic mass is 9.85. The predicted octanol–water partition coefficient (Wildman–Crippen LogP) is 2.62. The Hall–Kier alpha value is -2.04. The maximum atomic E-state index is 11.1. The molecular weight excluding hydrogens is 242 g/mol. The maximum Gasteiger partial charge on any atom is 0.306 e. The van der Waals surface area contributed by atoms with E-state index in [0.29, 0.717) is 6.42 Å².